The van der Waals surface area contributed by atoms with Gasteiger partial charge >= 0.3 is 0 Å². The van der Waals surface area contributed by atoms with E-state index in [-0.39, 0.29) is 36.7 Å². The van der Waals surface area contributed by atoms with Crippen LogP contribution in [0.15, 0.2) is 47.2 Å². The summed E-state index contributed by atoms with van der Waals surface area (Å²) in [6.07, 6.45) is 0.234. The van der Waals surface area contributed by atoms with Crippen molar-refractivity contribution in [2.75, 3.05) is 13.1 Å². The molecule has 2 rings (SSSR count). The van der Waals surface area contributed by atoms with Gasteiger partial charge in [-0.15, -0.1) is 12.4 Å². The largest absolute Gasteiger partial charge is 0.354 e. The van der Waals surface area contributed by atoms with E-state index in [1.807, 2.05) is 35.7 Å². The molecule has 5 nitrogen and oxygen atoms in total. The van der Waals surface area contributed by atoms with Crippen LogP contribution in [0, 0.1) is 0 Å². The lowest BCUT2D eigenvalue weighted by Gasteiger charge is -2.13. The summed E-state index contributed by atoms with van der Waals surface area (Å²) in [4.78, 5) is 23.4. The van der Waals surface area contributed by atoms with Gasteiger partial charge in [-0.25, -0.2) is 0 Å². The maximum absolute atomic E-state index is 11.7. The summed E-state index contributed by atoms with van der Waals surface area (Å²) in [6, 6.07) is 11.1. The molecule has 0 aliphatic carbocycles. The van der Waals surface area contributed by atoms with Crippen LogP contribution in [-0.2, 0) is 4.79 Å². The molecule has 23 heavy (non-hydrogen) atoms. The Balaban J connectivity index is 0.00000264. The first-order valence-electron chi connectivity index (χ1n) is 7.04. The smallest absolute Gasteiger partial charge is 0.252 e. The number of halogens is 1. The van der Waals surface area contributed by atoms with E-state index < -0.39 is 0 Å². The second kappa shape index (κ2) is 9.99. The third kappa shape index (κ3) is 6.40. The molecule has 124 valence electrons. The average molecular weight is 354 g/mol. The van der Waals surface area contributed by atoms with Crippen molar-refractivity contribution in [3.8, 4) is 0 Å². The number of amides is 2. The molecule has 0 aliphatic heterocycles. The first-order chi connectivity index (χ1) is 10.7. The molecule has 0 spiro atoms. The summed E-state index contributed by atoms with van der Waals surface area (Å²) in [5.74, 6) is -0.285. The van der Waals surface area contributed by atoms with Gasteiger partial charge in [0.2, 0.25) is 5.91 Å². The topological polar surface area (TPSA) is 84.2 Å². The summed E-state index contributed by atoms with van der Waals surface area (Å²) < 4.78 is 0. The van der Waals surface area contributed by atoms with Crippen LogP contribution in [0.5, 0.6) is 0 Å². The molecule has 1 aromatic heterocycles. The van der Waals surface area contributed by atoms with Gasteiger partial charge in [-0.3, -0.25) is 9.59 Å². The molecule has 2 aromatic rings. The Labute approximate surface area is 145 Å². The Kier molecular flexibility index (Phi) is 8.32. The van der Waals surface area contributed by atoms with Crippen LogP contribution in [0.4, 0.5) is 0 Å². The van der Waals surface area contributed by atoms with E-state index in [1.54, 1.807) is 11.4 Å². The van der Waals surface area contributed by atoms with E-state index >= 15 is 0 Å². The summed E-state index contributed by atoms with van der Waals surface area (Å²) >= 11 is 1.46. The van der Waals surface area contributed by atoms with Crippen molar-refractivity contribution in [2.24, 2.45) is 5.73 Å². The zero-order chi connectivity index (χ0) is 15.8. The zero-order valence-electron chi connectivity index (χ0n) is 12.5. The number of nitrogens with one attached hydrogen (secondary N) is 2. The molecule has 0 saturated carbocycles. The van der Waals surface area contributed by atoms with Crippen LogP contribution in [0.1, 0.15) is 28.4 Å². The highest BCUT2D eigenvalue weighted by Crippen LogP contribution is 2.08. The molecule has 7 heteroatoms. The standard InChI is InChI=1S/C16H19N3O2S.ClH/c17-14(12-4-2-1-3-5-12)10-19-15(20)6-8-18-16(21)13-7-9-22-11-13;/h1-5,7,9,11,14H,6,8,10,17H2,(H,18,21)(H,19,20);1H. The van der Waals surface area contributed by atoms with Crippen molar-refractivity contribution in [1.82, 2.24) is 10.6 Å². The fourth-order valence-electron chi connectivity index (χ4n) is 1.92. The normalized spacial score (nSPS) is 11.2. The van der Waals surface area contributed by atoms with Crippen molar-refractivity contribution in [1.29, 1.82) is 0 Å². The molecular formula is C16H20ClN3O2S. The number of thiophene rings is 1. The molecule has 1 atom stereocenters. The Hall–Kier alpha value is -1.89. The molecule has 4 N–H and O–H groups in total. The molecule has 1 heterocycles. The highest BCUT2D eigenvalue weighted by molar-refractivity contribution is 7.08. The molecular weight excluding hydrogens is 334 g/mol. The third-order valence-corrected chi connectivity index (χ3v) is 3.85. The molecule has 1 aromatic carbocycles. The van der Waals surface area contributed by atoms with Crippen LogP contribution in [-0.4, -0.2) is 24.9 Å². The maximum atomic E-state index is 11.7. The maximum Gasteiger partial charge on any atom is 0.252 e. The van der Waals surface area contributed by atoms with Gasteiger partial charge in [-0.1, -0.05) is 30.3 Å². The van der Waals surface area contributed by atoms with Crippen LogP contribution in [0.3, 0.4) is 0 Å². The van der Waals surface area contributed by atoms with Crippen LogP contribution in [0.2, 0.25) is 0 Å². The second-order valence-corrected chi connectivity index (χ2v) is 5.62. The van der Waals surface area contributed by atoms with Crippen molar-refractivity contribution in [2.45, 2.75) is 12.5 Å². The number of carbonyl (C=O) groups is 2. The van der Waals surface area contributed by atoms with Gasteiger partial charge in [-0.2, -0.15) is 11.3 Å². The van der Waals surface area contributed by atoms with Crippen molar-refractivity contribution in [3.05, 3.63) is 58.3 Å². The number of hydrogen-bond acceptors (Lipinski definition) is 4. The van der Waals surface area contributed by atoms with E-state index in [2.05, 4.69) is 10.6 Å². The first-order valence-corrected chi connectivity index (χ1v) is 7.98. The minimum atomic E-state index is -0.231. The van der Waals surface area contributed by atoms with Gasteiger partial charge < -0.3 is 16.4 Å². The summed E-state index contributed by atoms with van der Waals surface area (Å²) in [5.41, 5.74) is 7.60. The zero-order valence-corrected chi connectivity index (χ0v) is 14.2. The molecule has 2 amide bonds. The van der Waals surface area contributed by atoms with Crippen molar-refractivity contribution >= 4 is 35.6 Å². The van der Waals surface area contributed by atoms with Gasteiger partial charge in [0.15, 0.2) is 0 Å². The van der Waals surface area contributed by atoms with Crippen LogP contribution < -0.4 is 16.4 Å². The van der Waals surface area contributed by atoms with E-state index in [4.69, 9.17) is 5.73 Å². The Morgan fingerprint density at radius 3 is 2.52 bits per heavy atom. The van der Waals surface area contributed by atoms with Gasteiger partial charge in [0.25, 0.3) is 5.91 Å². The predicted octanol–water partition coefficient (Wildman–Crippen LogP) is 2.11. The highest BCUT2D eigenvalue weighted by atomic mass is 35.5. The van der Waals surface area contributed by atoms with Gasteiger partial charge in [0.05, 0.1) is 0 Å². The molecule has 0 bridgehead atoms. The van der Waals surface area contributed by atoms with Crippen molar-refractivity contribution in [3.63, 3.8) is 0 Å². The lowest BCUT2D eigenvalue weighted by Crippen LogP contribution is -2.34. The van der Waals surface area contributed by atoms with E-state index in [1.165, 1.54) is 11.3 Å². The van der Waals surface area contributed by atoms with E-state index in [9.17, 15) is 9.59 Å². The predicted molar refractivity (Wildman–Crippen MR) is 94.9 cm³/mol. The van der Waals surface area contributed by atoms with Gasteiger partial charge in [-0.05, 0) is 17.0 Å². The lowest BCUT2D eigenvalue weighted by molar-refractivity contribution is -0.121. The minimum absolute atomic E-state index is 0. The number of carbonyl (C=O) groups excluding carboxylic acids is 2. The van der Waals surface area contributed by atoms with Crippen LogP contribution >= 0.6 is 23.7 Å². The van der Waals surface area contributed by atoms with Gasteiger partial charge in [0, 0.05) is 36.5 Å². The number of rotatable bonds is 7. The second-order valence-electron chi connectivity index (χ2n) is 4.84. The van der Waals surface area contributed by atoms with E-state index in [0.717, 1.165) is 5.56 Å². The lowest BCUT2D eigenvalue weighted by atomic mass is 10.1. The number of benzene rings is 1. The Bertz CT molecular complexity index is 605. The van der Waals surface area contributed by atoms with Gasteiger partial charge in [0.1, 0.15) is 0 Å². The Morgan fingerprint density at radius 1 is 1.13 bits per heavy atom. The molecule has 0 saturated heterocycles. The Morgan fingerprint density at radius 2 is 1.87 bits per heavy atom. The van der Waals surface area contributed by atoms with Crippen molar-refractivity contribution < 1.29 is 9.59 Å². The third-order valence-electron chi connectivity index (χ3n) is 3.17. The highest BCUT2D eigenvalue weighted by Gasteiger charge is 2.09. The number of nitrogens with two attached hydrogens (primary N) is 1. The quantitative estimate of drug-likeness (QED) is 0.712. The monoisotopic (exact) mass is 353 g/mol. The molecule has 0 radical (unpaired) electrons. The number of hydrogen-bond donors (Lipinski definition) is 3. The van der Waals surface area contributed by atoms with E-state index in [0.29, 0.717) is 18.7 Å². The minimum Gasteiger partial charge on any atom is -0.354 e. The van der Waals surface area contributed by atoms with Crippen LogP contribution in [0.25, 0.3) is 0 Å². The fourth-order valence-corrected chi connectivity index (χ4v) is 2.55. The molecule has 0 aliphatic rings. The summed E-state index contributed by atoms with van der Waals surface area (Å²) in [6.45, 7) is 0.683. The SMILES string of the molecule is Cl.NC(CNC(=O)CCNC(=O)c1ccsc1)c1ccccc1. The fraction of sp³-hybridized carbons (Fsp3) is 0.250. The summed E-state index contributed by atoms with van der Waals surface area (Å²) in [7, 11) is 0. The first kappa shape index (κ1) is 19.2. The molecule has 0 fully saturated rings. The average Bonchev–Trinajstić information content (AvgIpc) is 3.08. The molecule has 1 unspecified atom stereocenters. The summed E-state index contributed by atoms with van der Waals surface area (Å²) in [5, 5.41) is 9.10.